The number of nitrogens with one attached hydrogen (secondary N) is 1. The van der Waals surface area contributed by atoms with E-state index in [4.69, 9.17) is 4.74 Å². The molecule has 7 heteroatoms. The van der Waals surface area contributed by atoms with Crippen molar-refractivity contribution >= 4 is 10.0 Å². The lowest BCUT2D eigenvalue weighted by Crippen LogP contribution is -2.37. The third-order valence-corrected chi connectivity index (χ3v) is 4.59. The Balaban J connectivity index is 2.94. The fourth-order valence-electron chi connectivity index (χ4n) is 2.11. The molecule has 0 amide bonds. The third kappa shape index (κ3) is 4.31. The van der Waals surface area contributed by atoms with Crippen LogP contribution in [0.4, 0.5) is 0 Å². The fourth-order valence-corrected chi connectivity index (χ4v) is 3.43. The molecule has 0 bridgehead atoms. The number of methoxy groups -OCH3 is 1. The lowest BCUT2D eigenvalue weighted by atomic mass is 10.2. The van der Waals surface area contributed by atoms with Gasteiger partial charge in [0.2, 0.25) is 10.0 Å². The monoisotopic (exact) mass is 304 g/mol. The summed E-state index contributed by atoms with van der Waals surface area (Å²) in [6.45, 7) is 4.66. The summed E-state index contributed by atoms with van der Waals surface area (Å²) in [5.41, 5.74) is 0.589. The zero-order valence-electron chi connectivity index (χ0n) is 12.3. The molecule has 0 fully saturated rings. The molecule has 0 spiro atoms. The molecule has 0 aliphatic heterocycles. The summed E-state index contributed by atoms with van der Waals surface area (Å²) in [6, 6.07) is 1.26. The van der Waals surface area contributed by atoms with Gasteiger partial charge in [-0.1, -0.05) is 13.3 Å². The first-order valence-corrected chi connectivity index (χ1v) is 8.27. The Hall–Kier alpha value is -0.890. The number of aromatic nitrogens is 1. The molecular weight excluding hydrogens is 280 g/mol. The maximum Gasteiger partial charge on any atom is 0.242 e. The molecule has 1 rings (SSSR count). The van der Waals surface area contributed by atoms with E-state index < -0.39 is 10.0 Å². The van der Waals surface area contributed by atoms with Crippen molar-refractivity contribution in [3.63, 3.8) is 0 Å². The van der Waals surface area contributed by atoms with Crippen molar-refractivity contribution in [1.82, 2.24) is 9.29 Å². The minimum Gasteiger partial charge on any atom is -0.390 e. The normalized spacial score (nSPS) is 13.6. The van der Waals surface area contributed by atoms with E-state index in [1.54, 1.807) is 17.9 Å². The van der Waals surface area contributed by atoms with Crippen molar-refractivity contribution in [3.8, 4) is 0 Å². The van der Waals surface area contributed by atoms with Gasteiger partial charge in [-0.05, 0) is 19.4 Å². The number of ether oxygens (including phenoxy) is 1. The highest BCUT2D eigenvalue weighted by Crippen LogP contribution is 2.16. The highest BCUT2D eigenvalue weighted by molar-refractivity contribution is 7.89. The van der Waals surface area contributed by atoms with Gasteiger partial charge >= 0.3 is 0 Å². The van der Waals surface area contributed by atoms with Crippen molar-refractivity contribution in [2.75, 3.05) is 13.7 Å². The predicted octanol–water partition coefficient (Wildman–Crippen LogP) is 1.09. The molecule has 0 aliphatic carbocycles. The lowest BCUT2D eigenvalue weighted by Gasteiger charge is -2.16. The molecule has 1 unspecified atom stereocenters. The molecule has 116 valence electrons. The average molecular weight is 304 g/mol. The number of nitrogens with zero attached hydrogens (tertiary/aromatic N) is 1. The quantitative estimate of drug-likeness (QED) is 0.716. The molecule has 1 aromatic rings. The number of aliphatic hydroxyl groups excluding tert-OH is 1. The molecule has 0 radical (unpaired) electrons. The molecule has 0 saturated carbocycles. The maximum absolute atomic E-state index is 12.3. The second-order valence-electron chi connectivity index (χ2n) is 4.67. The average Bonchev–Trinajstić information content (AvgIpc) is 2.83. The molecule has 1 aromatic heterocycles. The van der Waals surface area contributed by atoms with Crippen LogP contribution in [0.25, 0.3) is 0 Å². The van der Waals surface area contributed by atoms with Crippen LogP contribution in [0.3, 0.4) is 0 Å². The summed E-state index contributed by atoms with van der Waals surface area (Å²) in [4.78, 5) is 0.181. The Morgan fingerprint density at radius 1 is 1.45 bits per heavy atom. The van der Waals surface area contributed by atoms with Crippen LogP contribution >= 0.6 is 0 Å². The molecule has 6 nitrogen and oxygen atoms in total. The van der Waals surface area contributed by atoms with Crippen LogP contribution in [-0.2, 0) is 27.9 Å². The van der Waals surface area contributed by atoms with Crippen LogP contribution in [-0.4, -0.2) is 37.8 Å². The molecule has 1 heterocycles. The lowest BCUT2D eigenvalue weighted by molar-refractivity contribution is 0.171. The van der Waals surface area contributed by atoms with E-state index >= 15 is 0 Å². The van der Waals surface area contributed by atoms with Gasteiger partial charge in [0.25, 0.3) is 0 Å². The van der Waals surface area contributed by atoms with Crippen molar-refractivity contribution < 1.29 is 18.3 Å². The van der Waals surface area contributed by atoms with Gasteiger partial charge in [0.05, 0.1) is 18.1 Å². The fraction of sp³-hybridized carbons (Fsp3) is 0.692. The van der Waals surface area contributed by atoms with E-state index in [0.29, 0.717) is 25.3 Å². The van der Waals surface area contributed by atoms with Gasteiger partial charge in [0.1, 0.15) is 0 Å². The van der Waals surface area contributed by atoms with E-state index in [-0.39, 0.29) is 17.5 Å². The van der Waals surface area contributed by atoms with Crippen molar-refractivity contribution in [2.24, 2.45) is 0 Å². The topological polar surface area (TPSA) is 80.6 Å². The number of hydrogen-bond donors (Lipinski definition) is 2. The van der Waals surface area contributed by atoms with E-state index in [1.807, 2.05) is 13.8 Å². The van der Waals surface area contributed by atoms with Crippen LogP contribution in [0.1, 0.15) is 32.4 Å². The largest absolute Gasteiger partial charge is 0.390 e. The van der Waals surface area contributed by atoms with E-state index in [1.165, 1.54) is 6.07 Å². The molecule has 1 atom stereocenters. The Morgan fingerprint density at radius 3 is 2.60 bits per heavy atom. The van der Waals surface area contributed by atoms with Gasteiger partial charge in [-0.15, -0.1) is 0 Å². The molecular formula is C13H24N2O4S. The Labute approximate surface area is 120 Å². The molecule has 0 saturated heterocycles. The van der Waals surface area contributed by atoms with Gasteiger partial charge in [0.15, 0.2) is 0 Å². The summed E-state index contributed by atoms with van der Waals surface area (Å²) in [5.74, 6) is 0. The summed E-state index contributed by atoms with van der Waals surface area (Å²) < 4.78 is 34.1. The Bertz CT molecular complexity index is 483. The van der Waals surface area contributed by atoms with Crippen LogP contribution in [0, 0.1) is 0 Å². The first kappa shape index (κ1) is 17.2. The number of rotatable bonds is 9. The van der Waals surface area contributed by atoms with Gasteiger partial charge in [-0.25, -0.2) is 13.1 Å². The van der Waals surface area contributed by atoms with Gasteiger partial charge in [-0.3, -0.25) is 0 Å². The summed E-state index contributed by atoms with van der Waals surface area (Å²) in [6.07, 6.45) is 3.13. The first-order chi connectivity index (χ1) is 9.48. The van der Waals surface area contributed by atoms with Crippen LogP contribution in [0.5, 0.6) is 0 Å². The molecule has 0 aromatic carbocycles. The van der Waals surface area contributed by atoms with Crippen molar-refractivity contribution in [3.05, 3.63) is 18.0 Å². The van der Waals surface area contributed by atoms with Crippen LogP contribution in [0.15, 0.2) is 17.2 Å². The van der Waals surface area contributed by atoms with Gasteiger partial charge in [0, 0.05) is 31.6 Å². The van der Waals surface area contributed by atoms with Gasteiger partial charge < -0.3 is 14.4 Å². The predicted molar refractivity (Wildman–Crippen MR) is 76.9 cm³/mol. The molecule has 2 N–H and O–H groups in total. The zero-order valence-corrected chi connectivity index (χ0v) is 13.1. The summed E-state index contributed by atoms with van der Waals surface area (Å²) >= 11 is 0. The molecule has 20 heavy (non-hydrogen) atoms. The Kier molecular flexibility index (Phi) is 6.67. The third-order valence-electron chi connectivity index (χ3n) is 3.10. The van der Waals surface area contributed by atoms with E-state index in [0.717, 1.165) is 6.42 Å². The summed E-state index contributed by atoms with van der Waals surface area (Å²) in [5, 5.41) is 9.22. The Morgan fingerprint density at radius 2 is 2.15 bits per heavy atom. The SMILES string of the molecule is CCCC(COC)NS(=O)(=O)c1cc(CO)n(CC)c1. The highest BCUT2D eigenvalue weighted by atomic mass is 32.2. The second kappa shape index (κ2) is 7.78. The minimum atomic E-state index is -3.59. The minimum absolute atomic E-state index is 0.181. The smallest absolute Gasteiger partial charge is 0.242 e. The first-order valence-electron chi connectivity index (χ1n) is 6.79. The van der Waals surface area contributed by atoms with Crippen molar-refractivity contribution in [1.29, 1.82) is 0 Å². The molecule has 0 aliphatic rings. The second-order valence-corrected chi connectivity index (χ2v) is 6.39. The number of aliphatic hydroxyl groups is 1. The number of sulfonamides is 1. The van der Waals surface area contributed by atoms with Crippen molar-refractivity contribution in [2.45, 2.75) is 50.8 Å². The highest BCUT2D eigenvalue weighted by Gasteiger charge is 2.22. The number of hydrogen-bond acceptors (Lipinski definition) is 4. The van der Waals surface area contributed by atoms with E-state index in [2.05, 4.69) is 4.72 Å². The van der Waals surface area contributed by atoms with Crippen LogP contribution < -0.4 is 4.72 Å². The standard InChI is InChI=1S/C13H24N2O4S/c1-4-6-11(10-19-3)14-20(17,18)13-7-12(9-16)15(5-2)8-13/h7-8,11,14,16H,4-6,9-10H2,1-3H3. The van der Waals surface area contributed by atoms with E-state index in [9.17, 15) is 13.5 Å². The maximum atomic E-state index is 12.3. The zero-order chi connectivity index (χ0) is 15.2. The number of aryl methyl sites for hydroxylation is 1. The summed E-state index contributed by atoms with van der Waals surface area (Å²) in [7, 11) is -2.04. The van der Waals surface area contributed by atoms with Crippen LogP contribution in [0.2, 0.25) is 0 Å². The van der Waals surface area contributed by atoms with Gasteiger partial charge in [-0.2, -0.15) is 0 Å².